The highest BCUT2D eigenvalue weighted by Gasteiger charge is 2.15. The second-order valence-corrected chi connectivity index (χ2v) is 7.81. The zero-order chi connectivity index (χ0) is 23.1. The molecule has 0 aliphatic rings. The van der Waals surface area contributed by atoms with Crippen LogP contribution in [0.2, 0.25) is 15.1 Å². The van der Waals surface area contributed by atoms with Gasteiger partial charge in [-0.3, -0.25) is 4.79 Å². The van der Waals surface area contributed by atoms with Gasteiger partial charge in [-0.2, -0.15) is 5.10 Å². The molecular formula is C23H17Cl3N2O4. The number of halogens is 3. The summed E-state index contributed by atoms with van der Waals surface area (Å²) >= 11 is 17.7. The number of nitrogens with zero attached hydrogens (tertiary/aromatic N) is 1. The Labute approximate surface area is 199 Å². The molecule has 0 bridgehead atoms. The molecule has 0 heterocycles. The Morgan fingerprint density at radius 2 is 1.66 bits per heavy atom. The lowest BCUT2D eigenvalue weighted by molar-refractivity contribution is -0.127. The molecule has 3 aromatic carbocycles. The molecule has 0 fully saturated rings. The van der Waals surface area contributed by atoms with Crippen LogP contribution in [-0.2, 0) is 4.79 Å². The lowest BCUT2D eigenvalue weighted by Gasteiger charge is -2.12. The van der Waals surface area contributed by atoms with E-state index < -0.39 is 18.0 Å². The number of hydrogen-bond acceptors (Lipinski definition) is 5. The second kappa shape index (κ2) is 11.0. The van der Waals surface area contributed by atoms with Crippen molar-refractivity contribution in [2.45, 2.75) is 13.0 Å². The van der Waals surface area contributed by atoms with Crippen LogP contribution in [-0.4, -0.2) is 24.2 Å². The molecule has 3 rings (SSSR count). The van der Waals surface area contributed by atoms with Crippen LogP contribution in [0.5, 0.6) is 11.5 Å². The van der Waals surface area contributed by atoms with Crippen molar-refractivity contribution in [3.05, 3.63) is 92.9 Å². The summed E-state index contributed by atoms with van der Waals surface area (Å²) in [7, 11) is 0. The summed E-state index contributed by atoms with van der Waals surface area (Å²) in [5.41, 5.74) is 3.20. The first-order chi connectivity index (χ1) is 15.3. The Morgan fingerprint density at radius 1 is 0.938 bits per heavy atom. The molecule has 0 spiro atoms. The van der Waals surface area contributed by atoms with Gasteiger partial charge in [-0.1, -0.05) is 46.9 Å². The van der Waals surface area contributed by atoms with E-state index in [0.717, 1.165) is 0 Å². The number of amides is 1. The van der Waals surface area contributed by atoms with E-state index in [0.29, 0.717) is 21.4 Å². The van der Waals surface area contributed by atoms with Crippen LogP contribution >= 0.6 is 34.8 Å². The number of nitrogens with one attached hydrogen (secondary N) is 1. The van der Waals surface area contributed by atoms with Crippen LogP contribution in [0.4, 0.5) is 0 Å². The molecule has 6 nitrogen and oxygen atoms in total. The van der Waals surface area contributed by atoms with Crippen LogP contribution in [0.25, 0.3) is 0 Å². The van der Waals surface area contributed by atoms with Crippen LogP contribution in [0.1, 0.15) is 22.8 Å². The smallest absolute Gasteiger partial charge is 0.345 e. The van der Waals surface area contributed by atoms with E-state index in [4.69, 9.17) is 44.3 Å². The first kappa shape index (κ1) is 23.6. The van der Waals surface area contributed by atoms with E-state index in [-0.39, 0.29) is 16.3 Å². The first-order valence-corrected chi connectivity index (χ1v) is 10.5. The first-order valence-electron chi connectivity index (χ1n) is 9.34. The fourth-order valence-electron chi connectivity index (χ4n) is 2.51. The highest BCUT2D eigenvalue weighted by molar-refractivity contribution is 6.36. The molecule has 3 aromatic rings. The highest BCUT2D eigenvalue weighted by Crippen LogP contribution is 2.23. The molecule has 0 saturated heterocycles. The molecule has 0 aliphatic heterocycles. The van der Waals surface area contributed by atoms with Crippen molar-refractivity contribution in [2.24, 2.45) is 5.10 Å². The van der Waals surface area contributed by atoms with Crippen LogP contribution in [0.3, 0.4) is 0 Å². The molecule has 0 aliphatic carbocycles. The number of benzene rings is 3. The molecule has 1 atom stereocenters. The standard InChI is InChI=1S/C23H17Cl3N2O4/c1-14(31-18-8-5-16(24)6-9-18)22(29)28-27-13-15-3-2-4-19(11-15)32-23(30)20-10-7-17(25)12-21(20)26/h2-14H,1H3,(H,28,29)/b27-13-/t14-/m1/s1. The van der Waals surface area contributed by atoms with Gasteiger partial charge in [0.15, 0.2) is 6.10 Å². The number of hydrogen-bond donors (Lipinski definition) is 1. The van der Waals surface area contributed by atoms with Crippen molar-refractivity contribution < 1.29 is 19.1 Å². The van der Waals surface area contributed by atoms with Crippen molar-refractivity contribution in [1.82, 2.24) is 5.43 Å². The molecule has 0 radical (unpaired) electrons. The minimum absolute atomic E-state index is 0.192. The fourth-order valence-corrected chi connectivity index (χ4v) is 3.12. The third kappa shape index (κ3) is 6.72. The summed E-state index contributed by atoms with van der Waals surface area (Å²) in [4.78, 5) is 24.5. The molecular weight excluding hydrogens is 475 g/mol. The second-order valence-electron chi connectivity index (χ2n) is 6.53. The quantitative estimate of drug-likeness (QED) is 0.197. The zero-order valence-electron chi connectivity index (χ0n) is 16.7. The average molecular weight is 492 g/mol. The van der Waals surface area contributed by atoms with E-state index in [2.05, 4.69) is 10.5 Å². The average Bonchev–Trinajstić information content (AvgIpc) is 2.75. The topological polar surface area (TPSA) is 77.0 Å². The summed E-state index contributed by atoms with van der Waals surface area (Å²) in [5, 5.41) is 5.10. The van der Waals surface area contributed by atoms with Crippen LogP contribution in [0.15, 0.2) is 71.8 Å². The highest BCUT2D eigenvalue weighted by atomic mass is 35.5. The van der Waals surface area contributed by atoms with Gasteiger partial charge < -0.3 is 9.47 Å². The monoisotopic (exact) mass is 490 g/mol. The van der Waals surface area contributed by atoms with Gasteiger partial charge in [0.25, 0.3) is 5.91 Å². The molecule has 0 saturated carbocycles. The van der Waals surface area contributed by atoms with Crippen LogP contribution in [0, 0.1) is 0 Å². The molecule has 1 amide bonds. The van der Waals surface area contributed by atoms with E-state index in [1.165, 1.54) is 18.3 Å². The summed E-state index contributed by atoms with van der Waals surface area (Å²) in [5.74, 6) is -0.259. The molecule has 32 heavy (non-hydrogen) atoms. The predicted molar refractivity (Wildman–Crippen MR) is 125 cm³/mol. The summed E-state index contributed by atoms with van der Waals surface area (Å²) < 4.78 is 10.9. The minimum atomic E-state index is -0.773. The Morgan fingerprint density at radius 3 is 2.38 bits per heavy atom. The maximum absolute atomic E-state index is 12.3. The normalized spacial score (nSPS) is 11.8. The lowest BCUT2D eigenvalue weighted by Crippen LogP contribution is -2.33. The fraction of sp³-hybridized carbons (Fsp3) is 0.0870. The van der Waals surface area contributed by atoms with Gasteiger partial charge in [-0.25, -0.2) is 10.2 Å². The van der Waals surface area contributed by atoms with E-state index in [1.807, 2.05) is 0 Å². The third-order valence-electron chi connectivity index (χ3n) is 4.10. The van der Waals surface area contributed by atoms with Crippen molar-refractivity contribution >= 4 is 52.9 Å². The minimum Gasteiger partial charge on any atom is -0.481 e. The van der Waals surface area contributed by atoms with Gasteiger partial charge in [0.05, 0.1) is 16.8 Å². The van der Waals surface area contributed by atoms with Crippen molar-refractivity contribution in [2.75, 3.05) is 0 Å². The van der Waals surface area contributed by atoms with E-state index >= 15 is 0 Å². The predicted octanol–water partition coefficient (Wildman–Crippen LogP) is 5.78. The summed E-state index contributed by atoms with van der Waals surface area (Å²) in [6.07, 6.45) is 0.643. The number of carbonyl (C=O) groups excluding carboxylic acids is 2. The SMILES string of the molecule is C[C@@H](Oc1ccc(Cl)cc1)C(=O)N/N=C\c1cccc(OC(=O)c2ccc(Cl)cc2Cl)c1. The van der Waals surface area contributed by atoms with E-state index in [9.17, 15) is 9.59 Å². The number of hydrazone groups is 1. The molecule has 1 N–H and O–H groups in total. The maximum atomic E-state index is 12.3. The number of ether oxygens (including phenoxy) is 2. The van der Waals surface area contributed by atoms with Gasteiger partial charge in [0.2, 0.25) is 0 Å². The maximum Gasteiger partial charge on any atom is 0.345 e. The molecule has 0 unspecified atom stereocenters. The van der Waals surface area contributed by atoms with Crippen molar-refractivity contribution in [1.29, 1.82) is 0 Å². The molecule has 9 heteroatoms. The van der Waals surface area contributed by atoms with Gasteiger partial charge in [-0.05, 0) is 67.1 Å². The summed E-state index contributed by atoms with van der Waals surface area (Å²) in [6.45, 7) is 1.60. The van der Waals surface area contributed by atoms with Crippen molar-refractivity contribution in [3.63, 3.8) is 0 Å². The number of carbonyl (C=O) groups is 2. The molecule has 0 aromatic heterocycles. The number of rotatable bonds is 7. The summed E-state index contributed by atoms with van der Waals surface area (Å²) in [6, 6.07) is 17.8. The largest absolute Gasteiger partial charge is 0.481 e. The zero-order valence-corrected chi connectivity index (χ0v) is 19.0. The third-order valence-corrected chi connectivity index (χ3v) is 4.90. The van der Waals surface area contributed by atoms with Crippen LogP contribution < -0.4 is 14.9 Å². The Bertz CT molecular complexity index is 1150. The van der Waals surface area contributed by atoms with E-state index in [1.54, 1.807) is 61.5 Å². The van der Waals surface area contributed by atoms with Gasteiger partial charge in [0, 0.05) is 10.0 Å². The van der Waals surface area contributed by atoms with Crippen molar-refractivity contribution in [3.8, 4) is 11.5 Å². The van der Waals surface area contributed by atoms with Gasteiger partial charge in [-0.15, -0.1) is 0 Å². The molecule has 164 valence electrons. The Balaban J connectivity index is 1.57. The van der Waals surface area contributed by atoms with Gasteiger partial charge in [0.1, 0.15) is 11.5 Å². The Hall–Kier alpha value is -3.06. The number of esters is 1. The lowest BCUT2D eigenvalue weighted by atomic mass is 10.2. The Kier molecular flexibility index (Phi) is 8.11. The van der Waals surface area contributed by atoms with Gasteiger partial charge >= 0.3 is 5.97 Å².